The van der Waals surface area contributed by atoms with Crippen molar-refractivity contribution in [3.05, 3.63) is 17.7 Å². The van der Waals surface area contributed by atoms with Gasteiger partial charge in [0.2, 0.25) is 11.7 Å². The summed E-state index contributed by atoms with van der Waals surface area (Å²) in [6.45, 7) is 0.750. The first-order valence-electron chi connectivity index (χ1n) is 9.23. The van der Waals surface area contributed by atoms with Gasteiger partial charge in [0.05, 0.1) is 27.8 Å². The van der Waals surface area contributed by atoms with Crippen LogP contribution in [0.3, 0.4) is 0 Å². The van der Waals surface area contributed by atoms with E-state index in [1.807, 2.05) is 12.1 Å². The van der Waals surface area contributed by atoms with E-state index in [9.17, 15) is 4.79 Å². The molecule has 25 heavy (non-hydrogen) atoms. The second-order valence-corrected chi connectivity index (χ2v) is 6.71. The van der Waals surface area contributed by atoms with Crippen LogP contribution >= 0.6 is 0 Å². The minimum atomic E-state index is 0.0258. The van der Waals surface area contributed by atoms with Crippen LogP contribution in [0, 0.1) is 5.92 Å². The number of hydrogen-bond acceptors (Lipinski definition) is 4. The van der Waals surface area contributed by atoms with Gasteiger partial charge >= 0.3 is 0 Å². The molecule has 0 heterocycles. The average molecular weight is 349 g/mol. The zero-order valence-electron chi connectivity index (χ0n) is 15.7. The maximum absolute atomic E-state index is 12.2. The zero-order valence-corrected chi connectivity index (χ0v) is 15.7. The molecule has 1 aliphatic rings. The number of carbonyl (C=O) groups excluding carboxylic acids is 1. The molecule has 0 bridgehead atoms. The third-order valence-electron chi connectivity index (χ3n) is 4.93. The van der Waals surface area contributed by atoms with Crippen molar-refractivity contribution in [2.45, 2.75) is 51.4 Å². The fourth-order valence-electron chi connectivity index (χ4n) is 3.58. The summed E-state index contributed by atoms with van der Waals surface area (Å²) in [5.74, 6) is 2.57. The molecule has 0 aliphatic heterocycles. The fourth-order valence-corrected chi connectivity index (χ4v) is 3.58. The lowest BCUT2D eigenvalue weighted by Gasteiger charge is -2.21. The van der Waals surface area contributed by atoms with Crippen LogP contribution in [0.25, 0.3) is 0 Å². The van der Waals surface area contributed by atoms with Crippen LogP contribution in [-0.4, -0.2) is 33.8 Å². The van der Waals surface area contributed by atoms with Gasteiger partial charge < -0.3 is 19.5 Å². The van der Waals surface area contributed by atoms with E-state index in [1.54, 1.807) is 21.3 Å². The van der Waals surface area contributed by atoms with Gasteiger partial charge in [-0.2, -0.15) is 0 Å². The Morgan fingerprint density at radius 3 is 2.24 bits per heavy atom. The molecule has 1 aliphatic carbocycles. The molecule has 0 aromatic heterocycles. The van der Waals surface area contributed by atoms with E-state index in [-0.39, 0.29) is 5.91 Å². The molecule has 1 N–H and O–H groups in total. The normalized spacial score (nSPS) is 14.8. The topological polar surface area (TPSA) is 56.8 Å². The molecule has 0 spiro atoms. The van der Waals surface area contributed by atoms with Crippen LogP contribution in [0.1, 0.15) is 50.5 Å². The average Bonchev–Trinajstić information content (AvgIpc) is 2.65. The summed E-state index contributed by atoms with van der Waals surface area (Å²) < 4.78 is 16.0. The van der Waals surface area contributed by atoms with Gasteiger partial charge in [0.25, 0.3) is 0 Å². The van der Waals surface area contributed by atoms with Crippen LogP contribution in [0.4, 0.5) is 0 Å². The Morgan fingerprint density at radius 2 is 1.68 bits per heavy atom. The quantitative estimate of drug-likeness (QED) is 0.690. The molecule has 0 atom stereocenters. The maximum atomic E-state index is 12.2. The molecule has 1 amide bonds. The van der Waals surface area contributed by atoms with Crippen molar-refractivity contribution in [2.75, 3.05) is 27.9 Å². The van der Waals surface area contributed by atoms with Gasteiger partial charge in [-0.25, -0.2) is 0 Å². The molecule has 1 fully saturated rings. The molecule has 0 radical (unpaired) electrons. The van der Waals surface area contributed by atoms with Crippen molar-refractivity contribution in [1.82, 2.24) is 5.32 Å². The van der Waals surface area contributed by atoms with E-state index in [0.29, 0.717) is 23.7 Å². The number of benzene rings is 1. The number of ether oxygens (including phenoxy) is 3. The molecular weight excluding hydrogens is 318 g/mol. The lowest BCUT2D eigenvalue weighted by atomic mass is 9.86. The van der Waals surface area contributed by atoms with Gasteiger partial charge in [-0.1, -0.05) is 32.1 Å². The van der Waals surface area contributed by atoms with Gasteiger partial charge in [-0.05, 0) is 36.5 Å². The first kappa shape index (κ1) is 19.4. The van der Waals surface area contributed by atoms with E-state index in [4.69, 9.17) is 14.2 Å². The van der Waals surface area contributed by atoms with Gasteiger partial charge in [0.15, 0.2) is 11.5 Å². The Balaban J connectivity index is 1.81. The monoisotopic (exact) mass is 349 g/mol. The molecule has 5 nitrogen and oxygen atoms in total. The largest absolute Gasteiger partial charge is 0.493 e. The highest BCUT2D eigenvalue weighted by atomic mass is 16.5. The summed E-state index contributed by atoms with van der Waals surface area (Å²) >= 11 is 0. The van der Waals surface area contributed by atoms with Crippen molar-refractivity contribution in [3.8, 4) is 17.2 Å². The maximum Gasteiger partial charge on any atom is 0.224 e. The molecule has 0 saturated heterocycles. The Morgan fingerprint density at radius 1 is 1.04 bits per heavy atom. The van der Waals surface area contributed by atoms with E-state index in [2.05, 4.69) is 5.32 Å². The summed E-state index contributed by atoms with van der Waals surface area (Å²) in [6.07, 6.45) is 9.45. The highest BCUT2D eigenvalue weighted by Crippen LogP contribution is 2.38. The van der Waals surface area contributed by atoms with E-state index < -0.39 is 0 Å². The van der Waals surface area contributed by atoms with Gasteiger partial charge in [-0.3, -0.25) is 4.79 Å². The predicted octanol–water partition coefficient (Wildman–Crippen LogP) is 3.73. The highest BCUT2D eigenvalue weighted by molar-refractivity contribution is 5.79. The predicted molar refractivity (Wildman–Crippen MR) is 98.6 cm³/mol. The van der Waals surface area contributed by atoms with Crippen LogP contribution < -0.4 is 19.5 Å². The van der Waals surface area contributed by atoms with Gasteiger partial charge in [-0.15, -0.1) is 0 Å². The lowest BCUT2D eigenvalue weighted by Crippen LogP contribution is -2.26. The molecule has 5 heteroatoms. The van der Waals surface area contributed by atoms with Gasteiger partial charge in [0.1, 0.15) is 0 Å². The molecule has 1 aromatic rings. The van der Waals surface area contributed by atoms with E-state index in [0.717, 1.165) is 24.4 Å². The van der Waals surface area contributed by atoms with E-state index in [1.165, 1.54) is 38.5 Å². The second kappa shape index (κ2) is 10.2. The lowest BCUT2D eigenvalue weighted by molar-refractivity contribution is -0.120. The molecule has 2 rings (SSSR count). The van der Waals surface area contributed by atoms with Crippen LogP contribution in [0.15, 0.2) is 12.1 Å². The highest BCUT2D eigenvalue weighted by Gasteiger charge is 2.15. The third-order valence-corrected chi connectivity index (χ3v) is 4.93. The molecule has 0 unspecified atom stereocenters. The fraction of sp³-hybridized carbons (Fsp3) is 0.650. The first-order chi connectivity index (χ1) is 12.2. The molecular formula is C20H31NO4. The number of nitrogens with one attached hydrogen (secondary N) is 1. The summed E-state index contributed by atoms with van der Waals surface area (Å²) in [5.41, 5.74) is 0.847. The number of rotatable bonds is 9. The Hall–Kier alpha value is -1.91. The first-order valence-corrected chi connectivity index (χ1v) is 9.23. The number of carbonyl (C=O) groups is 1. The van der Waals surface area contributed by atoms with Gasteiger partial charge in [0, 0.05) is 6.54 Å². The number of amides is 1. The minimum Gasteiger partial charge on any atom is -0.493 e. The SMILES string of the molecule is COc1cc(CC(=O)NCCCC2CCCCC2)cc(OC)c1OC. The summed E-state index contributed by atoms with van der Waals surface area (Å²) in [4.78, 5) is 12.2. The molecule has 1 saturated carbocycles. The Kier molecular flexibility index (Phi) is 7.89. The van der Waals surface area contributed by atoms with Crippen molar-refractivity contribution in [1.29, 1.82) is 0 Å². The summed E-state index contributed by atoms with van der Waals surface area (Å²) in [7, 11) is 4.72. The Bertz CT molecular complexity index is 528. The summed E-state index contributed by atoms with van der Waals surface area (Å²) in [6, 6.07) is 3.64. The zero-order chi connectivity index (χ0) is 18.1. The second-order valence-electron chi connectivity index (χ2n) is 6.71. The van der Waals surface area contributed by atoms with Crippen molar-refractivity contribution in [2.24, 2.45) is 5.92 Å². The van der Waals surface area contributed by atoms with Crippen LogP contribution in [-0.2, 0) is 11.2 Å². The number of methoxy groups -OCH3 is 3. The molecule has 1 aromatic carbocycles. The number of hydrogen-bond donors (Lipinski definition) is 1. The smallest absolute Gasteiger partial charge is 0.224 e. The molecule has 140 valence electrons. The Labute approximate surface area is 151 Å². The van der Waals surface area contributed by atoms with Crippen molar-refractivity contribution in [3.63, 3.8) is 0 Å². The third kappa shape index (κ3) is 5.83. The summed E-state index contributed by atoms with van der Waals surface area (Å²) in [5, 5.41) is 3.02. The van der Waals surface area contributed by atoms with Crippen molar-refractivity contribution < 1.29 is 19.0 Å². The minimum absolute atomic E-state index is 0.0258. The van der Waals surface area contributed by atoms with Crippen molar-refractivity contribution >= 4 is 5.91 Å². The standard InChI is InChI=1S/C20H31NO4/c1-23-17-12-16(13-18(24-2)20(17)25-3)14-19(22)21-11-7-10-15-8-5-4-6-9-15/h12-13,15H,4-11,14H2,1-3H3,(H,21,22). The van der Waals surface area contributed by atoms with E-state index >= 15 is 0 Å². The van der Waals surface area contributed by atoms with Crippen LogP contribution in [0.2, 0.25) is 0 Å². The van der Waals surface area contributed by atoms with Crippen LogP contribution in [0.5, 0.6) is 17.2 Å².